The number of fused-ring (bicyclic) bond motifs is 1. The Hall–Kier alpha value is -2.74. The van der Waals surface area contributed by atoms with Crippen molar-refractivity contribution in [1.82, 2.24) is 10.4 Å². The number of carbonyl (C=O) groups excluding carboxylic acids is 2. The van der Waals surface area contributed by atoms with Gasteiger partial charge in [-0.25, -0.2) is 5.48 Å². The first kappa shape index (κ1) is 18.6. The van der Waals surface area contributed by atoms with E-state index in [2.05, 4.69) is 0 Å². The molecular formula is C21H18N2O3S2. The first-order valence-electron chi connectivity index (χ1n) is 8.80. The molecule has 28 heavy (non-hydrogen) atoms. The van der Waals surface area contributed by atoms with Crippen molar-refractivity contribution < 1.29 is 14.8 Å². The van der Waals surface area contributed by atoms with Crippen LogP contribution in [0.5, 0.6) is 0 Å². The Morgan fingerprint density at radius 2 is 1.89 bits per heavy atom. The van der Waals surface area contributed by atoms with Gasteiger partial charge in [0.2, 0.25) is 0 Å². The Labute approximate surface area is 170 Å². The summed E-state index contributed by atoms with van der Waals surface area (Å²) in [6.45, 7) is 1.07. The maximum absolute atomic E-state index is 13.4. The topological polar surface area (TPSA) is 69.6 Å². The second-order valence-electron chi connectivity index (χ2n) is 6.45. The molecule has 0 saturated carbocycles. The third-order valence-corrected chi connectivity index (χ3v) is 6.44. The minimum absolute atomic E-state index is 0.0153. The van der Waals surface area contributed by atoms with E-state index in [1.807, 2.05) is 52.1 Å². The Bertz CT molecular complexity index is 1020. The van der Waals surface area contributed by atoms with Crippen molar-refractivity contribution in [3.05, 3.63) is 79.7 Å². The summed E-state index contributed by atoms with van der Waals surface area (Å²) in [7, 11) is 0. The van der Waals surface area contributed by atoms with Crippen LogP contribution in [0, 0.1) is 0 Å². The minimum atomic E-state index is -0.553. The molecule has 5 nitrogen and oxygen atoms in total. The molecule has 3 aromatic rings. The Morgan fingerprint density at radius 3 is 2.61 bits per heavy atom. The number of hydrogen-bond donors (Lipinski definition) is 2. The molecule has 1 aliphatic rings. The highest BCUT2D eigenvalue weighted by atomic mass is 32.1. The van der Waals surface area contributed by atoms with Crippen molar-refractivity contribution in [2.45, 2.75) is 13.0 Å². The zero-order valence-electron chi connectivity index (χ0n) is 14.9. The first-order valence-corrected chi connectivity index (χ1v) is 10.6. The molecule has 0 spiro atoms. The van der Waals surface area contributed by atoms with Crippen molar-refractivity contribution in [2.75, 3.05) is 6.54 Å². The van der Waals surface area contributed by atoms with E-state index in [0.29, 0.717) is 24.2 Å². The number of carbonyl (C=O) groups is 2. The molecule has 0 aliphatic carbocycles. The van der Waals surface area contributed by atoms with E-state index >= 15 is 0 Å². The molecule has 1 aliphatic heterocycles. The monoisotopic (exact) mass is 410 g/mol. The van der Waals surface area contributed by atoms with Gasteiger partial charge in [-0.1, -0.05) is 18.2 Å². The van der Waals surface area contributed by atoms with Gasteiger partial charge in [0, 0.05) is 28.4 Å². The molecule has 142 valence electrons. The highest BCUT2D eigenvalue weighted by molar-refractivity contribution is 7.12. The molecule has 2 aromatic heterocycles. The first-order chi connectivity index (χ1) is 13.7. The van der Waals surface area contributed by atoms with Crippen LogP contribution >= 0.6 is 22.7 Å². The summed E-state index contributed by atoms with van der Waals surface area (Å²) in [5.41, 5.74) is 4.78. The Kier molecular flexibility index (Phi) is 5.38. The van der Waals surface area contributed by atoms with E-state index < -0.39 is 5.91 Å². The molecule has 2 N–H and O–H groups in total. The van der Waals surface area contributed by atoms with Crippen LogP contribution in [-0.2, 0) is 17.8 Å². The number of nitrogens with zero attached hydrogens (tertiary/aromatic N) is 1. The summed E-state index contributed by atoms with van der Waals surface area (Å²) < 4.78 is 0. The molecule has 7 heteroatoms. The lowest BCUT2D eigenvalue weighted by Gasteiger charge is -2.30. The van der Waals surface area contributed by atoms with Crippen molar-refractivity contribution in [3.8, 4) is 0 Å². The fraction of sp³-hybridized carbons (Fsp3) is 0.143. The van der Waals surface area contributed by atoms with E-state index in [4.69, 9.17) is 5.21 Å². The molecule has 0 fully saturated rings. The molecule has 3 heterocycles. The van der Waals surface area contributed by atoms with Crippen molar-refractivity contribution >= 4 is 46.1 Å². The molecule has 0 unspecified atom stereocenters. The van der Waals surface area contributed by atoms with Gasteiger partial charge in [-0.05, 0) is 58.6 Å². The second kappa shape index (κ2) is 8.10. The third-order valence-electron chi connectivity index (χ3n) is 4.72. The summed E-state index contributed by atoms with van der Waals surface area (Å²) in [4.78, 5) is 28.9. The van der Waals surface area contributed by atoms with Crippen LogP contribution < -0.4 is 5.48 Å². The predicted octanol–water partition coefficient (Wildman–Crippen LogP) is 4.05. The highest BCUT2D eigenvalue weighted by Gasteiger charge is 2.25. The van der Waals surface area contributed by atoms with E-state index in [0.717, 1.165) is 27.3 Å². The van der Waals surface area contributed by atoms with E-state index in [1.54, 1.807) is 40.3 Å². The number of hydroxylamine groups is 1. The quantitative estimate of drug-likeness (QED) is 0.387. The molecule has 0 atom stereocenters. The number of hydrogen-bond acceptors (Lipinski definition) is 5. The van der Waals surface area contributed by atoms with Gasteiger partial charge in [0.15, 0.2) is 0 Å². The standard InChI is InChI=1S/C21H18N2O3S2/c24-20(22-26)15-6-5-14-7-8-23(13-16(14)11-15)21(25)18(19-4-2-10-28-19)12-17-3-1-9-27-17/h1-6,9-12,26H,7-8,13H2,(H,22,24). The van der Waals surface area contributed by atoms with Gasteiger partial charge in [-0.15, -0.1) is 22.7 Å². The van der Waals surface area contributed by atoms with Crippen molar-refractivity contribution in [2.24, 2.45) is 0 Å². The van der Waals surface area contributed by atoms with Crippen molar-refractivity contribution in [1.29, 1.82) is 0 Å². The number of rotatable bonds is 4. The second-order valence-corrected chi connectivity index (χ2v) is 8.38. The summed E-state index contributed by atoms with van der Waals surface area (Å²) >= 11 is 3.15. The molecule has 0 bridgehead atoms. The number of benzene rings is 1. The lowest BCUT2D eigenvalue weighted by Crippen LogP contribution is -2.36. The van der Waals surface area contributed by atoms with Gasteiger partial charge in [0.05, 0.1) is 5.57 Å². The maximum atomic E-state index is 13.4. The summed E-state index contributed by atoms with van der Waals surface area (Å²) in [6, 6.07) is 13.2. The van der Waals surface area contributed by atoms with Crippen LogP contribution in [-0.4, -0.2) is 28.5 Å². The molecule has 0 saturated heterocycles. The molecule has 0 radical (unpaired) electrons. The normalized spacial score (nSPS) is 13.9. The van der Waals surface area contributed by atoms with E-state index in [9.17, 15) is 9.59 Å². The SMILES string of the molecule is O=C(NO)c1ccc2c(c1)CN(C(=O)C(=Cc1cccs1)c1cccs1)CC2. The van der Waals surface area contributed by atoms with E-state index in [-0.39, 0.29) is 5.91 Å². The lowest BCUT2D eigenvalue weighted by molar-refractivity contribution is -0.125. The lowest BCUT2D eigenvalue weighted by atomic mass is 9.96. The highest BCUT2D eigenvalue weighted by Crippen LogP contribution is 2.29. The number of amides is 2. The van der Waals surface area contributed by atoms with Crippen LogP contribution in [0.15, 0.2) is 53.2 Å². The summed E-state index contributed by atoms with van der Waals surface area (Å²) in [5, 5.41) is 12.8. The Balaban J connectivity index is 1.63. The van der Waals surface area contributed by atoms with Crippen LogP contribution in [0.1, 0.15) is 31.2 Å². The third kappa shape index (κ3) is 3.77. The average molecular weight is 411 g/mol. The number of nitrogens with one attached hydrogen (secondary N) is 1. The van der Waals surface area contributed by atoms with Crippen LogP contribution in [0.25, 0.3) is 11.6 Å². The smallest absolute Gasteiger partial charge is 0.274 e. The van der Waals surface area contributed by atoms with Crippen LogP contribution in [0.3, 0.4) is 0 Å². The Morgan fingerprint density at radius 1 is 1.07 bits per heavy atom. The van der Waals surface area contributed by atoms with Gasteiger partial charge in [0.25, 0.3) is 11.8 Å². The molecular weight excluding hydrogens is 392 g/mol. The largest absolute Gasteiger partial charge is 0.334 e. The van der Waals surface area contributed by atoms with E-state index in [1.165, 1.54) is 0 Å². The molecule has 1 aromatic carbocycles. The number of thiophene rings is 2. The zero-order chi connectivity index (χ0) is 19.5. The fourth-order valence-corrected chi connectivity index (χ4v) is 4.68. The van der Waals surface area contributed by atoms with Gasteiger partial charge in [-0.3, -0.25) is 14.8 Å². The average Bonchev–Trinajstić information content (AvgIpc) is 3.44. The minimum Gasteiger partial charge on any atom is -0.334 e. The zero-order valence-corrected chi connectivity index (χ0v) is 16.6. The van der Waals surface area contributed by atoms with Crippen LogP contribution in [0.2, 0.25) is 0 Å². The maximum Gasteiger partial charge on any atom is 0.274 e. The summed E-state index contributed by atoms with van der Waals surface area (Å²) in [5.74, 6) is -0.568. The molecule has 4 rings (SSSR count). The van der Waals surface area contributed by atoms with Gasteiger partial charge in [-0.2, -0.15) is 0 Å². The van der Waals surface area contributed by atoms with Gasteiger partial charge in [0.1, 0.15) is 0 Å². The van der Waals surface area contributed by atoms with Crippen LogP contribution in [0.4, 0.5) is 0 Å². The molecule has 2 amide bonds. The predicted molar refractivity (Wildman–Crippen MR) is 111 cm³/mol. The van der Waals surface area contributed by atoms with Gasteiger partial charge >= 0.3 is 0 Å². The van der Waals surface area contributed by atoms with Gasteiger partial charge < -0.3 is 4.90 Å². The van der Waals surface area contributed by atoms with Crippen molar-refractivity contribution in [3.63, 3.8) is 0 Å². The summed E-state index contributed by atoms with van der Waals surface area (Å²) in [6.07, 6.45) is 2.68. The fourth-order valence-electron chi connectivity index (χ4n) is 3.29.